The van der Waals surface area contributed by atoms with Crippen molar-refractivity contribution in [3.05, 3.63) is 70.1 Å². The Labute approximate surface area is 174 Å². The second kappa shape index (κ2) is 7.88. The van der Waals surface area contributed by atoms with E-state index in [2.05, 4.69) is 0 Å². The molecule has 6 heteroatoms. The predicted molar refractivity (Wildman–Crippen MR) is 114 cm³/mol. The average Bonchev–Trinajstić information content (AvgIpc) is 2.70. The highest BCUT2D eigenvalue weighted by Gasteiger charge is 2.38. The van der Waals surface area contributed by atoms with Crippen LogP contribution < -0.4 is 15.1 Å². The standard InChI is InChI=1S/C24H24O6/c1-24(2)22(28-10-4-5-15-6-8-18(25)21(11-15)27-3)13-17-12-16-7-9-23(26)29-19(16)14-20(17)30-24/h4-9,11-12,14,22,25H,10,13H2,1-3H3. The summed E-state index contributed by atoms with van der Waals surface area (Å²) in [7, 11) is 1.52. The Hall–Kier alpha value is -3.25. The number of benzene rings is 2. The molecule has 0 spiro atoms. The third kappa shape index (κ3) is 4.04. The third-order valence-corrected chi connectivity index (χ3v) is 5.26. The molecule has 0 radical (unpaired) electrons. The van der Waals surface area contributed by atoms with Crippen molar-refractivity contribution >= 4 is 17.0 Å². The zero-order valence-electron chi connectivity index (χ0n) is 17.2. The fourth-order valence-corrected chi connectivity index (χ4v) is 3.61. The van der Waals surface area contributed by atoms with Crippen molar-refractivity contribution in [3.63, 3.8) is 0 Å². The summed E-state index contributed by atoms with van der Waals surface area (Å²) in [6.07, 6.45) is 4.39. The van der Waals surface area contributed by atoms with E-state index in [1.165, 1.54) is 13.2 Å². The van der Waals surface area contributed by atoms with Gasteiger partial charge in [0.2, 0.25) is 0 Å². The first kappa shape index (κ1) is 20.0. The molecule has 0 bridgehead atoms. The van der Waals surface area contributed by atoms with E-state index in [0.717, 1.165) is 16.5 Å². The summed E-state index contributed by atoms with van der Waals surface area (Å²) in [6.45, 7) is 4.39. The minimum atomic E-state index is -0.536. The van der Waals surface area contributed by atoms with Gasteiger partial charge in [0.25, 0.3) is 0 Å². The number of aromatic hydroxyl groups is 1. The SMILES string of the molecule is COc1cc(C=CCOC2Cc3cc4ccc(=O)oc4cc3OC2(C)C)ccc1O. The normalized spacial score (nSPS) is 17.6. The van der Waals surface area contributed by atoms with Gasteiger partial charge in [-0.15, -0.1) is 0 Å². The van der Waals surface area contributed by atoms with Gasteiger partial charge in [-0.05, 0) is 49.2 Å². The fraction of sp³-hybridized carbons (Fsp3) is 0.292. The molecule has 0 fully saturated rings. The van der Waals surface area contributed by atoms with Gasteiger partial charge in [-0.25, -0.2) is 4.79 Å². The van der Waals surface area contributed by atoms with E-state index in [1.54, 1.807) is 24.3 Å². The Balaban J connectivity index is 1.47. The first-order chi connectivity index (χ1) is 14.4. The number of phenolic OH excluding ortho intramolecular Hbond substituents is 1. The number of fused-ring (bicyclic) bond motifs is 2. The molecule has 1 atom stereocenters. The van der Waals surface area contributed by atoms with E-state index < -0.39 is 5.60 Å². The summed E-state index contributed by atoms with van der Waals surface area (Å²) in [4.78, 5) is 11.5. The van der Waals surface area contributed by atoms with Crippen molar-refractivity contribution in [1.29, 1.82) is 0 Å². The summed E-state index contributed by atoms with van der Waals surface area (Å²) < 4.78 is 22.7. The maximum Gasteiger partial charge on any atom is 0.336 e. The van der Waals surface area contributed by atoms with Gasteiger partial charge in [0.05, 0.1) is 13.7 Å². The lowest BCUT2D eigenvalue weighted by Gasteiger charge is -2.39. The molecule has 1 unspecified atom stereocenters. The monoisotopic (exact) mass is 408 g/mol. The van der Waals surface area contributed by atoms with Crippen LogP contribution in [0.15, 0.2) is 57.8 Å². The molecule has 0 amide bonds. The van der Waals surface area contributed by atoms with Crippen LogP contribution in [0.2, 0.25) is 0 Å². The Kier molecular flexibility index (Phi) is 5.26. The maximum absolute atomic E-state index is 11.5. The van der Waals surface area contributed by atoms with Gasteiger partial charge in [0.15, 0.2) is 11.5 Å². The lowest BCUT2D eigenvalue weighted by atomic mass is 9.90. The number of rotatable bonds is 5. The summed E-state index contributed by atoms with van der Waals surface area (Å²) >= 11 is 0. The van der Waals surface area contributed by atoms with Gasteiger partial charge >= 0.3 is 5.63 Å². The highest BCUT2D eigenvalue weighted by Crippen LogP contribution is 2.37. The molecule has 156 valence electrons. The minimum Gasteiger partial charge on any atom is -0.504 e. The summed E-state index contributed by atoms with van der Waals surface area (Å²) in [6, 6.07) is 12.1. The van der Waals surface area contributed by atoms with E-state index >= 15 is 0 Å². The Morgan fingerprint density at radius 3 is 2.83 bits per heavy atom. The van der Waals surface area contributed by atoms with Gasteiger partial charge in [0.1, 0.15) is 23.0 Å². The topological polar surface area (TPSA) is 78.1 Å². The van der Waals surface area contributed by atoms with Crippen molar-refractivity contribution in [1.82, 2.24) is 0 Å². The largest absolute Gasteiger partial charge is 0.504 e. The van der Waals surface area contributed by atoms with Crippen LogP contribution in [0, 0.1) is 0 Å². The van der Waals surface area contributed by atoms with Crippen molar-refractivity contribution in [2.75, 3.05) is 13.7 Å². The van der Waals surface area contributed by atoms with Crippen LogP contribution in [0.25, 0.3) is 17.0 Å². The van der Waals surface area contributed by atoms with E-state index in [1.807, 2.05) is 38.1 Å². The van der Waals surface area contributed by atoms with Crippen LogP contribution in [0.4, 0.5) is 0 Å². The molecule has 4 rings (SSSR count). The summed E-state index contributed by atoms with van der Waals surface area (Å²) in [5.74, 6) is 1.26. The number of phenols is 1. The second-order valence-corrected chi connectivity index (χ2v) is 7.82. The molecule has 1 aromatic heterocycles. The molecule has 1 N–H and O–H groups in total. The van der Waals surface area contributed by atoms with Crippen molar-refractivity contribution < 1.29 is 23.7 Å². The third-order valence-electron chi connectivity index (χ3n) is 5.26. The van der Waals surface area contributed by atoms with E-state index in [-0.39, 0.29) is 17.5 Å². The summed E-state index contributed by atoms with van der Waals surface area (Å²) in [5, 5.41) is 10.5. The van der Waals surface area contributed by atoms with Gasteiger partial charge in [0, 0.05) is 23.9 Å². The quantitative estimate of drug-likeness (QED) is 0.634. The number of hydrogen-bond donors (Lipinski definition) is 1. The Morgan fingerprint density at radius 2 is 2.03 bits per heavy atom. The molecular formula is C24H24O6. The molecule has 1 aliphatic heterocycles. The van der Waals surface area contributed by atoms with E-state index in [9.17, 15) is 9.90 Å². The first-order valence-electron chi connectivity index (χ1n) is 9.77. The van der Waals surface area contributed by atoms with Crippen LogP contribution in [0.5, 0.6) is 17.2 Å². The first-order valence-corrected chi connectivity index (χ1v) is 9.77. The zero-order valence-corrected chi connectivity index (χ0v) is 17.2. The molecule has 0 aliphatic carbocycles. The van der Waals surface area contributed by atoms with E-state index in [4.69, 9.17) is 18.6 Å². The lowest BCUT2D eigenvalue weighted by Crippen LogP contribution is -2.48. The van der Waals surface area contributed by atoms with Crippen molar-refractivity contribution in [2.24, 2.45) is 0 Å². The molecular weight excluding hydrogens is 384 g/mol. The van der Waals surface area contributed by atoms with E-state index in [0.29, 0.717) is 30.1 Å². The van der Waals surface area contributed by atoms with Gasteiger partial charge in [-0.2, -0.15) is 0 Å². The predicted octanol–water partition coefficient (Wildman–Crippen LogP) is 4.32. The molecule has 2 aromatic carbocycles. The van der Waals surface area contributed by atoms with Gasteiger partial charge in [-0.3, -0.25) is 0 Å². The average molecular weight is 408 g/mol. The fourth-order valence-electron chi connectivity index (χ4n) is 3.61. The zero-order chi connectivity index (χ0) is 21.3. The molecule has 0 saturated heterocycles. The Bertz CT molecular complexity index is 1160. The van der Waals surface area contributed by atoms with Crippen LogP contribution in [-0.4, -0.2) is 30.5 Å². The molecule has 0 saturated carbocycles. The number of hydrogen-bond acceptors (Lipinski definition) is 6. The van der Waals surface area contributed by atoms with Crippen LogP contribution >= 0.6 is 0 Å². The summed E-state index contributed by atoms with van der Waals surface area (Å²) in [5.41, 5.74) is 1.53. The Morgan fingerprint density at radius 1 is 1.20 bits per heavy atom. The molecule has 3 aromatic rings. The lowest BCUT2D eigenvalue weighted by molar-refractivity contribution is -0.0753. The van der Waals surface area contributed by atoms with Crippen LogP contribution in [-0.2, 0) is 11.2 Å². The molecule has 1 aliphatic rings. The van der Waals surface area contributed by atoms with Gasteiger partial charge < -0.3 is 23.7 Å². The number of ether oxygens (including phenoxy) is 3. The maximum atomic E-state index is 11.5. The minimum absolute atomic E-state index is 0.109. The second-order valence-electron chi connectivity index (χ2n) is 7.82. The van der Waals surface area contributed by atoms with Crippen molar-refractivity contribution in [3.8, 4) is 17.2 Å². The smallest absolute Gasteiger partial charge is 0.336 e. The van der Waals surface area contributed by atoms with Crippen LogP contribution in [0.3, 0.4) is 0 Å². The number of methoxy groups -OCH3 is 1. The highest BCUT2D eigenvalue weighted by atomic mass is 16.6. The molecule has 6 nitrogen and oxygen atoms in total. The van der Waals surface area contributed by atoms with Gasteiger partial charge in [-0.1, -0.05) is 18.2 Å². The molecule has 2 heterocycles. The molecule has 30 heavy (non-hydrogen) atoms. The van der Waals surface area contributed by atoms with Crippen LogP contribution in [0.1, 0.15) is 25.0 Å². The highest BCUT2D eigenvalue weighted by molar-refractivity contribution is 5.79. The van der Waals surface area contributed by atoms with Crippen molar-refractivity contribution in [2.45, 2.75) is 32.0 Å².